The quantitative estimate of drug-likeness (QED) is 0.768. The minimum absolute atomic E-state index is 0.000547. The van der Waals surface area contributed by atoms with E-state index >= 15 is 0 Å². The van der Waals surface area contributed by atoms with Crippen LogP contribution in [-0.4, -0.2) is 17.9 Å². The molecule has 1 aromatic rings. The van der Waals surface area contributed by atoms with Crippen LogP contribution >= 0.6 is 0 Å². The van der Waals surface area contributed by atoms with Crippen molar-refractivity contribution in [2.24, 2.45) is 5.41 Å². The molecule has 0 bridgehead atoms. The second-order valence-corrected chi connectivity index (χ2v) is 9.15. The van der Waals surface area contributed by atoms with Crippen molar-refractivity contribution in [2.75, 3.05) is 0 Å². The van der Waals surface area contributed by atoms with Crippen molar-refractivity contribution in [1.82, 2.24) is 5.32 Å². The SMILES string of the molecule is CC1=C(C(=O)OC2CCCC2)[C@H](c2ccccc2)C2=C(CC(C)(C)CC2=O)N1. The van der Waals surface area contributed by atoms with Gasteiger partial charge in [-0.3, -0.25) is 4.79 Å². The Morgan fingerprint density at radius 1 is 1.11 bits per heavy atom. The van der Waals surface area contributed by atoms with E-state index in [0.29, 0.717) is 12.0 Å². The summed E-state index contributed by atoms with van der Waals surface area (Å²) in [6, 6.07) is 9.89. The summed E-state index contributed by atoms with van der Waals surface area (Å²) in [6.07, 6.45) is 5.39. The lowest BCUT2D eigenvalue weighted by molar-refractivity contribution is -0.144. The van der Waals surface area contributed by atoms with Crippen molar-refractivity contribution in [3.8, 4) is 0 Å². The number of benzene rings is 1. The monoisotopic (exact) mass is 379 g/mol. The largest absolute Gasteiger partial charge is 0.459 e. The molecule has 1 saturated carbocycles. The molecule has 0 saturated heterocycles. The standard InChI is InChI=1S/C24H29NO3/c1-15-20(23(27)28-17-11-7-8-12-17)21(16-9-5-4-6-10-16)22-18(25-15)13-24(2,3)14-19(22)26/h4-6,9-10,17,21,25H,7-8,11-14H2,1-3H3/t21-/m0/s1. The molecule has 0 unspecified atom stereocenters. The summed E-state index contributed by atoms with van der Waals surface area (Å²) in [6.45, 7) is 6.17. The molecule has 4 nitrogen and oxygen atoms in total. The number of Topliss-reactive ketones (excluding diaryl/α,β-unsaturated/α-hetero) is 1. The Balaban J connectivity index is 1.76. The first kappa shape index (κ1) is 19.0. The highest BCUT2D eigenvalue weighted by atomic mass is 16.5. The maximum absolute atomic E-state index is 13.2. The van der Waals surface area contributed by atoms with Crippen LogP contribution in [0, 0.1) is 5.41 Å². The van der Waals surface area contributed by atoms with Crippen LogP contribution < -0.4 is 5.32 Å². The van der Waals surface area contributed by atoms with Crippen molar-refractivity contribution in [3.05, 3.63) is 58.4 Å². The van der Waals surface area contributed by atoms with Crippen LogP contribution in [0.4, 0.5) is 0 Å². The van der Waals surface area contributed by atoms with E-state index in [9.17, 15) is 9.59 Å². The fourth-order valence-electron chi connectivity index (χ4n) is 4.91. The first-order chi connectivity index (χ1) is 13.4. The van der Waals surface area contributed by atoms with Crippen LogP contribution in [0.5, 0.6) is 0 Å². The molecule has 4 heteroatoms. The molecule has 1 aromatic carbocycles. The van der Waals surface area contributed by atoms with E-state index in [-0.39, 0.29) is 29.2 Å². The second-order valence-electron chi connectivity index (χ2n) is 9.15. The molecule has 1 fully saturated rings. The number of hydrogen-bond donors (Lipinski definition) is 1. The zero-order valence-electron chi connectivity index (χ0n) is 17.0. The van der Waals surface area contributed by atoms with Gasteiger partial charge in [0.05, 0.1) is 5.57 Å². The van der Waals surface area contributed by atoms with Gasteiger partial charge in [-0.15, -0.1) is 0 Å². The highest BCUT2D eigenvalue weighted by molar-refractivity contribution is 6.04. The third-order valence-corrected chi connectivity index (χ3v) is 6.17. The zero-order valence-corrected chi connectivity index (χ0v) is 17.0. The highest BCUT2D eigenvalue weighted by Crippen LogP contribution is 2.46. The van der Waals surface area contributed by atoms with Crippen LogP contribution in [0.15, 0.2) is 52.9 Å². The smallest absolute Gasteiger partial charge is 0.337 e. The number of carbonyl (C=O) groups excluding carboxylic acids is 2. The molecule has 3 aliphatic rings. The molecule has 1 atom stereocenters. The van der Waals surface area contributed by atoms with Crippen LogP contribution in [0.25, 0.3) is 0 Å². The van der Waals surface area contributed by atoms with Gasteiger partial charge < -0.3 is 10.1 Å². The maximum atomic E-state index is 13.2. The van der Waals surface area contributed by atoms with Gasteiger partial charge in [0.1, 0.15) is 6.10 Å². The second kappa shape index (κ2) is 7.23. The van der Waals surface area contributed by atoms with Crippen LogP contribution in [0.2, 0.25) is 0 Å². The summed E-state index contributed by atoms with van der Waals surface area (Å²) in [5.74, 6) is -0.504. The van der Waals surface area contributed by atoms with Crippen molar-refractivity contribution < 1.29 is 14.3 Å². The van der Waals surface area contributed by atoms with Gasteiger partial charge in [0, 0.05) is 29.3 Å². The normalized spacial score (nSPS) is 24.8. The van der Waals surface area contributed by atoms with Crippen LogP contribution in [0.3, 0.4) is 0 Å². The summed E-state index contributed by atoms with van der Waals surface area (Å²) >= 11 is 0. The van der Waals surface area contributed by atoms with Gasteiger partial charge in [-0.1, -0.05) is 44.2 Å². The number of carbonyl (C=O) groups is 2. The summed E-state index contributed by atoms with van der Waals surface area (Å²) in [7, 11) is 0. The summed E-state index contributed by atoms with van der Waals surface area (Å²) in [4.78, 5) is 26.4. The molecule has 1 N–H and O–H groups in total. The fraction of sp³-hybridized carbons (Fsp3) is 0.500. The predicted octanol–water partition coefficient (Wildman–Crippen LogP) is 4.78. The van der Waals surface area contributed by atoms with Gasteiger partial charge in [-0.2, -0.15) is 0 Å². The van der Waals surface area contributed by atoms with Crippen molar-refractivity contribution in [3.63, 3.8) is 0 Å². The van der Waals surface area contributed by atoms with E-state index in [1.165, 1.54) is 0 Å². The molecule has 0 amide bonds. The number of ketones is 1. The van der Waals surface area contributed by atoms with Crippen molar-refractivity contribution in [2.45, 2.75) is 71.3 Å². The van der Waals surface area contributed by atoms with E-state index < -0.39 is 0 Å². The summed E-state index contributed by atoms with van der Waals surface area (Å²) in [5, 5.41) is 3.40. The lowest BCUT2D eigenvalue weighted by atomic mass is 9.68. The Kier molecular flexibility index (Phi) is 4.90. The molecular formula is C24H29NO3. The van der Waals surface area contributed by atoms with Crippen molar-refractivity contribution >= 4 is 11.8 Å². The number of esters is 1. The van der Waals surface area contributed by atoms with Gasteiger partial charge in [0.25, 0.3) is 0 Å². The first-order valence-corrected chi connectivity index (χ1v) is 10.4. The molecule has 0 aromatic heterocycles. The Hall–Kier alpha value is -2.36. The molecule has 148 valence electrons. The van der Waals surface area contributed by atoms with Gasteiger partial charge >= 0.3 is 5.97 Å². The summed E-state index contributed by atoms with van der Waals surface area (Å²) in [5.41, 5.74) is 4.00. The molecule has 0 spiro atoms. The minimum Gasteiger partial charge on any atom is -0.459 e. The Morgan fingerprint density at radius 2 is 1.79 bits per heavy atom. The number of hydrogen-bond acceptors (Lipinski definition) is 4. The Bertz CT molecular complexity index is 857. The molecular weight excluding hydrogens is 350 g/mol. The number of allylic oxidation sites excluding steroid dienone is 3. The van der Waals surface area contributed by atoms with Crippen LogP contribution in [-0.2, 0) is 14.3 Å². The average Bonchev–Trinajstić information content (AvgIpc) is 3.13. The Labute approximate surface area is 167 Å². The van der Waals surface area contributed by atoms with Crippen LogP contribution in [0.1, 0.15) is 70.8 Å². The summed E-state index contributed by atoms with van der Waals surface area (Å²) < 4.78 is 5.86. The van der Waals surface area contributed by atoms with Crippen molar-refractivity contribution in [1.29, 1.82) is 0 Å². The molecule has 0 radical (unpaired) electrons. The number of ether oxygens (including phenoxy) is 1. The Morgan fingerprint density at radius 3 is 2.46 bits per heavy atom. The number of nitrogens with one attached hydrogen (secondary N) is 1. The number of dihydropyridines is 1. The molecule has 4 rings (SSSR count). The van der Waals surface area contributed by atoms with E-state index in [1.807, 2.05) is 37.3 Å². The minimum atomic E-state index is -0.352. The van der Waals surface area contributed by atoms with Gasteiger partial charge in [0.15, 0.2) is 5.78 Å². The lowest BCUT2D eigenvalue weighted by Gasteiger charge is -2.39. The van der Waals surface area contributed by atoms with Gasteiger partial charge in [-0.05, 0) is 50.0 Å². The number of rotatable bonds is 3. The van der Waals surface area contributed by atoms with E-state index in [4.69, 9.17) is 4.74 Å². The molecule has 1 aliphatic heterocycles. The third kappa shape index (κ3) is 3.52. The van der Waals surface area contributed by atoms with E-state index in [1.54, 1.807) is 0 Å². The van der Waals surface area contributed by atoms with Gasteiger partial charge in [0.2, 0.25) is 0 Å². The third-order valence-electron chi connectivity index (χ3n) is 6.17. The van der Waals surface area contributed by atoms with Gasteiger partial charge in [-0.25, -0.2) is 4.79 Å². The average molecular weight is 380 g/mol. The molecule has 28 heavy (non-hydrogen) atoms. The molecule has 2 aliphatic carbocycles. The fourth-order valence-corrected chi connectivity index (χ4v) is 4.91. The topological polar surface area (TPSA) is 55.4 Å². The van der Waals surface area contributed by atoms with E-state index in [0.717, 1.165) is 54.6 Å². The zero-order chi connectivity index (χ0) is 19.9. The van der Waals surface area contributed by atoms with E-state index in [2.05, 4.69) is 19.2 Å². The predicted molar refractivity (Wildman–Crippen MR) is 108 cm³/mol. The maximum Gasteiger partial charge on any atom is 0.337 e. The first-order valence-electron chi connectivity index (χ1n) is 10.4. The lowest BCUT2D eigenvalue weighted by Crippen LogP contribution is -2.39. The highest BCUT2D eigenvalue weighted by Gasteiger charge is 2.43. The molecule has 1 heterocycles.